The highest BCUT2D eigenvalue weighted by Gasteiger charge is 2.09. The molecule has 0 saturated carbocycles. The molecule has 0 amide bonds. The van der Waals surface area contributed by atoms with Gasteiger partial charge in [-0.25, -0.2) is 13.2 Å². The van der Waals surface area contributed by atoms with E-state index in [9.17, 15) is 13.2 Å². The molecule has 0 heterocycles. The van der Waals surface area contributed by atoms with Crippen LogP contribution in [0.4, 0.5) is 18.9 Å². The number of ether oxygens (including phenoxy) is 1. The summed E-state index contributed by atoms with van der Waals surface area (Å²) in [6.45, 7) is 0.155. The Morgan fingerprint density at radius 3 is 2.29 bits per heavy atom. The van der Waals surface area contributed by atoms with E-state index >= 15 is 0 Å². The fraction of sp³-hybridized carbons (Fsp3) is 0.200. The van der Waals surface area contributed by atoms with E-state index in [0.717, 1.165) is 6.07 Å². The van der Waals surface area contributed by atoms with E-state index in [1.165, 1.54) is 0 Å². The lowest BCUT2D eigenvalue weighted by atomic mass is 10.2. The Morgan fingerprint density at radius 1 is 0.952 bits per heavy atom. The van der Waals surface area contributed by atoms with Gasteiger partial charge in [0.15, 0.2) is 11.6 Å². The minimum Gasteiger partial charge on any atom is -0.491 e. The Morgan fingerprint density at radius 2 is 1.62 bits per heavy atom. The van der Waals surface area contributed by atoms with Gasteiger partial charge in [-0.3, -0.25) is 0 Å². The molecule has 3 nitrogen and oxygen atoms in total. The summed E-state index contributed by atoms with van der Waals surface area (Å²) in [5, 5.41) is 11.5. The maximum atomic E-state index is 13.4. The Bertz CT molecular complexity index is 603. The summed E-state index contributed by atoms with van der Waals surface area (Å²) in [6, 6.07) is 8.11. The number of hydrogen-bond acceptors (Lipinski definition) is 3. The van der Waals surface area contributed by atoms with Crippen molar-refractivity contribution in [1.29, 1.82) is 0 Å². The second kappa shape index (κ2) is 6.99. The minimum atomic E-state index is -1.21. The van der Waals surface area contributed by atoms with Crippen molar-refractivity contribution in [3.8, 4) is 5.75 Å². The van der Waals surface area contributed by atoms with Crippen LogP contribution in [0.5, 0.6) is 5.75 Å². The zero-order valence-corrected chi connectivity index (χ0v) is 11.1. The third kappa shape index (κ3) is 4.13. The Hall–Kier alpha value is -2.21. The van der Waals surface area contributed by atoms with E-state index in [1.54, 1.807) is 24.3 Å². The number of anilines is 1. The summed E-state index contributed by atoms with van der Waals surface area (Å²) in [4.78, 5) is 0. The van der Waals surface area contributed by atoms with Gasteiger partial charge < -0.3 is 15.2 Å². The van der Waals surface area contributed by atoms with Crippen LogP contribution in [0.15, 0.2) is 36.4 Å². The molecule has 2 rings (SSSR count). The molecule has 6 heteroatoms. The summed E-state index contributed by atoms with van der Waals surface area (Å²) < 4.78 is 44.5. The monoisotopic (exact) mass is 297 g/mol. The van der Waals surface area contributed by atoms with Crippen molar-refractivity contribution in [3.63, 3.8) is 0 Å². The molecule has 0 aliphatic rings. The number of aliphatic hydroxyl groups excluding tert-OH is 1. The van der Waals surface area contributed by atoms with E-state index in [4.69, 9.17) is 9.84 Å². The normalized spacial score (nSPS) is 10.5. The Balaban J connectivity index is 1.98. The van der Waals surface area contributed by atoms with Crippen LogP contribution in [0.1, 0.15) is 5.56 Å². The highest BCUT2D eigenvalue weighted by Crippen LogP contribution is 2.18. The first-order valence-corrected chi connectivity index (χ1v) is 6.31. The van der Waals surface area contributed by atoms with Crippen molar-refractivity contribution in [1.82, 2.24) is 0 Å². The first-order valence-electron chi connectivity index (χ1n) is 6.31. The maximum Gasteiger partial charge on any atom is 0.161 e. The lowest BCUT2D eigenvalue weighted by Crippen LogP contribution is -2.04. The maximum absolute atomic E-state index is 13.4. The lowest BCUT2D eigenvalue weighted by Gasteiger charge is -2.09. The molecular formula is C15H14F3NO2. The van der Waals surface area contributed by atoms with E-state index in [0.29, 0.717) is 17.5 Å². The molecular weight excluding hydrogens is 283 g/mol. The van der Waals surface area contributed by atoms with Gasteiger partial charge >= 0.3 is 0 Å². The van der Waals surface area contributed by atoms with Gasteiger partial charge in [0, 0.05) is 23.9 Å². The molecule has 0 bridgehead atoms. The molecule has 0 aliphatic heterocycles. The zero-order chi connectivity index (χ0) is 15.2. The molecule has 0 spiro atoms. The van der Waals surface area contributed by atoms with Gasteiger partial charge in [-0.1, -0.05) is 0 Å². The molecule has 0 radical (unpaired) electrons. The topological polar surface area (TPSA) is 41.5 Å². The van der Waals surface area contributed by atoms with Gasteiger partial charge in [-0.05, 0) is 30.3 Å². The molecule has 112 valence electrons. The van der Waals surface area contributed by atoms with Crippen molar-refractivity contribution in [2.45, 2.75) is 6.54 Å². The lowest BCUT2D eigenvalue weighted by molar-refractivity contribution is 0.201. The fourth-order valence-corrected chi connectivity index (χ4v) is 1.73. The van der Waals surface area contributed by atoms with Crippen molar-refractivity contribution >= 4 is 5.69 Å². The van der Waals surface area contributed by atoms with E-state index < -0.39 is 17.5 Å². The van der Waals surface area contributed by atoms with E-state index in [2.05, 4.69) is 5.32 Å². The van der Waals surface area contributed by atoms with Gasteiger partial charge in [0.25, 0.3) is 0 Å². The SMILES string of the molecule is OCCOc1ccc(NCc2cc(F)c(F)cc2F)cc1. The summed E-state index contributed by atoms with van der Waals surface area (Å²) in [5.74, 6) is -2.50. The predicted octanol–water partition coefficient (Wildman–Crippen LogP) is 3.09. The molecule has 0 fully saturated rings. The first kappa shape index (κ1) is 15.2. The third-order valence-electron chi connectivity index (χ3n) is 2.79. The van der Waals surface area contributed by atoms with Gasteiger partial charge in [0.2, 0.25) is 0 Å². The second-order valence-electron chi connectivity index (χ2n) is 4.31. The number of nitrogens with one attached hydrogen (secondary N) is 1. The first-order chi connectivity index (χ1) is 10.1. The van der Waals surface area contributed by atoms with Crippen LogP contribution < -0.4 is 10.1 Å². The molecule has 0 saturated heterocycles. The molecule has 0 aromatic heterocycles. The van der Waals surface area contributed by atoms with Crippen LogP contribution in [0.3, 0.4) is 0 Å². The van der Waals surface area contributed by atoms with Crippen molar-refractivity contribution < 1.29 is 23.0 Å². The molecule has 2 N–H and O–H groups in total. The summed E-state index contributed by atoms with van der Waals surface area (Å²) in [6.07, 6.45) is 0. The van der Waals surface area contributed by atoms with Crippen LogP contribution in [0, 0.1) is 17.5 Å². The van der Waals surface area contributed by atoms with Crippen molar-refractivity contribution in [2.75, 3.05) is 18.5 Å². The molecule has 0 aliphatic carbocycles. The molecule has 2 aromatic rings. The molecule has 0 atom stereocenters. The number of hydrogen-bond donors (Lipinski definition) is 2. The largest absolute Gasteiger partial charge is 0.491 e. The quantitative estimate of drug-likeness (QED) is 0.805. The Kier molecular flexibility index (Phi) is 5.05. The minimum absolute atomic E-state index is 0.0277. The smallest absolute Gasteiger partial charge is 0.161 e. The third-order valence-corrected chi connectivity index (χ3v) is 2.79. The molecule has 0 unspecified atom stereocenters. The number of rotatable bonds is 6. The van der Waals surface area contributed by atoms with Crippen molar-refractivity contribution in [2.24, 2.45) is 0 Å². The van der Waals surface area contributed by atoms with E-state index in [-0.39, 0.29) is 25.3 Å². The number of aliphatic hydroxyl groups is 1. The number of benzene rings is 2. The van der Waals surface area contributed by atoms with Gasteiger partial charge in [0.1, 0.15) is 18.2 Å². The van der Waals surface area contributed by atoms with Crippen LogP contribution >= 0.6 is 0 Å². The fourth-order valence-electron chi connectivity index (χ4n) is 1.73. The van der Waals surface area contributed by atoms with Gasteiger partial charge in [-0.15, -0.1) is 0 Å². The standard InChI is InChI=1S/C15H14F3NO2/c16-13-8-15(18)14(17)7-10(13)9-19-11-1-3-12(4-2-11)21-6-5-20/h1-4,7-8,19-20H,5-6,9H2. The highest BCUT2D eigenvalue weighted by molar-refractivity contribution is 5.46. The highest BCUT2D eigenvalue weighted by atomic mass is 19.2. The second-order valence-corrected chi connectivity index (χ2v) is 4.31. The molecule has 2 aromatic carbocycles. The van der Waals surface area contributed by atoms with Crippen LogP contribution in [0.25, 0.3) is 0 Å². The summed E-state index contributed by atoms with van der Waals surface area (Å²) in [7, 11) is 0. The summed E-state index contributed by atoms with van der Waals surface area (Å²) in [5.41, 5.74) is 0.713. The zero-order valence-electron chi connectivity index (χ0n) is 11.1. The predicted molar refractivity (Wildman–Crippen MR) is 72.7 cm³/mol. The molecule has 21 heavy (non-hydrogen) atoms. The average molecular weight is 297 g/mol. The Labute approximate surface area is 120 Å². The van der Waals surface area contributed by atoms with Crippen molar-refractivity contribution in [3.05, 3.63) is 59.4 Å². The average Bonchev–Trinajstić information content (AvgIpc) is 2.48. The van der Waals surface area contributed by atoms with Crippen LogP contribution in [-0.4, -0.2) is 18.3 Å². The van der Waals surface area contributed by atoms with Crippen LogP contribution in [-0.2, 0) is 6.54 Å². The van der Waals surface area contributed by atoms with E-state index in [1.807, 2.05) is 0 Å². The van der Waals surface area contributed by atoms with Gasteiger partial charge in [-0.2, -0.15) is 0 Å². The van der Waals surface area contributed by atoms with Gasteiger partial charge in [0.05, 0.1) is 6.61 Å². The summed E-state index contributed by atoms with van der Waals surface area (Å²) >= 11 is 0. The van der Waals surface area contributed by atoms with Crippen LogP contribution in [0.2, 0.25) is 0 Å². The number of halogens is 3.